The fourth-order valence-corrected chi connectivity index (χ4v) is 1.98. The average molecular weight is 269 g/mol. The average Bonchev–Trinajstić information content (AvgIpc) is 2.48. The van der Waals surface area contributed by atoms with Crippen LogP contribution in [0.3, 0.4) is 0 Å². The molecule has 3 nitrogen and oxygen atoms in total. The Balaban J connectivity index is 2.37. The van der Waals surface area contributed by atoms with Gasteiger partial charge in [-0.1, -0.05) is 36.4 Å². The van der Waals surface area contributed by atoms with E-state index in [1.807, 2.05) is 55.6 Å². The first-order valence-corrected chi connectivity index (χ1v) is 6.70. The topological polar surface area (TPSA) is 38.3 Å². The van der Waals surface area contributed by atoms with Crippen LogP contribution < -0.4 is 10.1 Å². The van der Waals surface area contributed by atoms with Crippen molar-refractivity contribution in [2.24, 2.45) is 0 Å². The van der Waals surface area contributed by atoms with E-state index in [-0.39, 0.29) is 5.78 Å². The van der Waals surface area contributed by atoms with Crippen LogP contribution >= 0.6 is 0 Å². The third-order valence-electron chi connectivity index (χ3n) is 3.08. The maximum absolute atomic E-state index is 11.5. The summed E-state index contributed by atoms with van der Waals surface area (Å²) in [5, 5.41) is 3.04. The van der Waals surface area contributed by atoms with Gasteiger partial charge >= 0.3 is 0 Å². The first-order valence-electron chi connectivity index (χ1n) is 6.70. The molecule has 0 spiro atoms. The minimum Gasteiger partial charge on any atom is -0.492 e. The van der Waals surface area contributed by atoms with Crippen molar-refractivity contribution in [3.63, 3.8) is 0 Å². The Kier molecular flexibility index (Phi) is 4.91. The molecule has 0 radical (unpaired) electrons. The lowest BCUT2D eigenvalue weighted by Crippen LogP contribution is -2.16. The molecule has 0 aliphatic rings. The van der Waals surface area contributed by atoms with E-state index in [9.17, 15) is 4.79 Å². The number of hydrogen-bond donors (Lipinski definition) is 1. The standard InChI is InChI=1S/C17H19NO2/c1-13(19)15-8-9-16(14-6-4-3-5-7-14)17(12-15)20-11-10-18-2/h3-9,12,18H,10-11H2,1-2H3. The minimum absolute atomic E-state index is 0.0445. The van der Waals surface area contributed by atoms with E-state index in [0.717, 1.165) is 23.4 Å². The van der Waals surface area contributed by atoms with Crippen LogP contribution in [0.4, 0.5) is 0 Å². The molecule has 0 unspecified atom stereocenters. The quantitative estimate of drug-likeness (QED) is 0.646. The van der Waals surface area contributed by atoms with Crippen molar-refractivity contribution < 1.29 is 9.53 Å². The van der Waals surface area contributed by atoms with Crippen LogP contribution in [0.1, 0.15) is 17.3 Å². The first-order chi connectivity index (χ1) is 9.72. The Morgan fingerprint density at radius 3 is 2.55 bits per heavy atom. The van der Waals surface area contributed by atoms with Gasteiger partial charge in [0.15, 0.2) is 5.78 Å². The lowest BCUT2D eigenvalue weighted by Gasteiger charge is -2.13. The van der Waals surface area contributed by atoms with E-state index in [2.05, 4.69) is 5.32 Å². The molecule has 0 heterocycles. The van der Waals surface area contributed by atoms with Gasteiger partial charge in [0.1, 0.15) is 12.4 Å². The van der Waals surface area contributed by atoms with Crippen molar-refractivity contribution >= 4 is 5.78 Å². The molecular formula is C17H19NO2. The molecule has 104 valence electrons. The van der Waals surface area contributed by atoms with Crippen molar-refractivity contribution in [2.75, 3.05) is 20.2 Å². The number of carbonyl (C=O) groups excluding carboxylic acids is 1. The summed E-state index contributed by atoms with van der Waals surface area (Å²) in [4.78, 5) is 11.5. The largest absolute Gasteiger partial charge is 0.492 e. The summed E-state index contributed by atoms with van der Waals surface area (Å²) in [6.45, 7) is 2.89. The summed E-state index contributed by atoms with van der Waals surface area (Å²) in [6, 6.07) is 15.6. The molecule has 3 heteroatoms. The predicted molar refractivity (Wildman–Crippen MR) is 81.3 cm³/mol. The van der Waals surface area contributed by atoms with Gasteiger partial charge in [0.2, 0.25) is 0 Å². The molecule has 0 saturated carbocycles. The van der Waals surface area contributed by atoms with Gasteiger partial charge in [-0.25, -0.2) is 0 Å². The van der Waals surface area contributed by atoms with E-state index in [0.29, 0.717) is 12.2 Å². The molecule has 0 aromatic heterocycles. The van der Waals surface area contributed by atoms with E-state index in [1.54, 1.807) is 6.92 Å². The van der Waals surface area contributed by atoms with Crippen molar-refractivity contribution in [1.29, 1.82) is 0 Å². The van der Waals surface area contributed by atoms with Crippen molar-refractivity contribution in [1.82, 2.24) is 5.32 Å². The number of nitrogens with one attached hydrogen (secondary N) is 1. The minimum atomic E-state index is 0.0445. The van der Waals surface area contributed by atoms with Crippen molar-refractivity contribution in [3.8, 4) is 16.9 Å². The fourth-order valence-electron chi connectivity index (χ4n) is 1.98. The summed E-state index contributed by atoms with van der Waals surface area (Å²) in [7, 11) is 1.88. The predicted octanol–water partition coefficient (Wildman–Crippen LogP) is 3.15. The number of hydrogen-bond acceptors (Lipinski definition) is 3. The second kappa shape index (κ2) is 6.87. The number of Topliss-reactive ketones (excluding diaryl/α,β-unsaturated/α-hetero) is 1. The smallest absolute Gasteiger partial charge is 0.159 e. The molecule has 20 heavy (non-hydrogen) atoms. The number of ether oxygens (including phenoxy) is 1. The molecule has 2 aromatic rings. The lowest BCUT2D eigenvalue weighted by atomic mass is 10.0. The summed E-state index contributed by atoms with van der Waals surface area (Å²) in [5.41, 5.74) is 2.76. The molecule has 0 fully saturated rings. The van der Waals surface area contributed by atoms with Crippen LogP contribution in [0.2, 0.25) is 0 Å². The lowest BCUT2D eigenvalue weighted by molar-refractivity contribution is 0.101. The second-order valence-electron chi connectivity index (χ2n) is 4.59. The molecule has 0 atom stereocenters. The number of likely N-dealkylation sites (N-methyl/N-ethyl adjacent to an activating group) is 1. The van der Waals surface area contributed by atoms with Crippen LogP contribution in [0, 0.1) is 0 Å². The van der Waals surface area contributed by atoms with Gasteiger partial charge in [-0.15, -0.1) is 0 Å². The number of benzene rings is 2. The summed E-state index contributed by atoms with van der Waals surface area (Å²) >= 11 is 0. The molecule has 2 rings (SSSR count). The summed E-state index contributed by atoms with van der Waals surface area (Å²) in [5.74, 6) is 0.794. The zero-order valence-corrected chi connectivity index (χ0v) is 11.8. The molecule has 0 bridgehead atoms. The molecule has 0 saturated heterocycles. The Morgan fingerprint density at radius 1 is 1.15 bits per heavy atom. The monoisotopic (exact) mass is 269 g/mol. The van der Waals surface area contributed by atoms with Gasteiger partial charge in [-0.3, -0.25) is 4.79 Å². The van der Waals surface area contributed by atoms with Gasteiger partial charge in [0, 0.05) is 17.7 Å². The first kappa shape index (κ1) is 14.3. The molecule has 1 N–H and O–H groups in total. The molecule has 0 aliphatic heterocycles. The van der Waals surface area contributed by atoms with Gasteiger partial charge in [0.25, 0.3) is 0 Å². The normalized spacial score (nSPS) is 10.3. The van der Waals surface area contributed by atoms with Crippen molar-refractivity contribution in [2.45, 2.75) is 6.92 Å². The fraction of sp³-hybridized carbons (Fsp3) is 0.235. The van der Waals surface area contributed by atoms with Crippen LogP contribution in [-0.4, -0.2) is 26.0 Å². The zero-order valence-electron chi connectivity index (χ0n) is 11.8. The third kappa shape index (κ3) is 3.45. The Labute approximate surface area is 119 Å². The highest BCUT2D eigenvalue weighted by Crippen LogP contribution is 2.31. The maximum atomic E-state index is 11.5. The molecule has 2 aromatic carbocycles. The Bertz CT molecular complexity index is 579. The van der Waals surface area contributed by atoms with Gasteiger partial charge in [-0.2, -0.15) is 0 Å². The van der Waals surface area contributed by atoms with E-state index >= 15 is 0 Å². The molecule has 0 aliphatic carbocycles. The Hall–Kier alpha value is -2.13. The van der Waals surface area contributed by atoms with Crippen LogP contribution in [0.15, 0.2) is 48.5 Å². The highest BCUT2D eigenvalue weighted by molar-refractivity contribution is 5.95. The summed E-state index contributed by atoms with van der Waals surface area (Å²) in [6.07, 6.45) is 0. The molecule has 0 amide bonds. The van der Waals surface area contributed by atoms with Crippen molar-refractivity contribution in [3.05, 3.63) is 54.1 Å². The van der Waals surface area contributed by atoms with Crippen LogP contribution in [0.5, 0.6) is 5.75 Å². The number of ketones is 1. The van der Waals surface area contributed by atoms with Gasteiger partial charge < -0.3 is 10.1 Å². The van der Waals surface area contributed by atoms with Gasteiger partial charge in [0.05, 0.1) is 0 Å². The number of carbonyl (C=O) groups is 1. The van der Waals surface area contributed by atoms with E-state index in [4.69, 9.17) is 4.74 Å². The SMILES string of the molecule is CNCCOc1cc(C(C)=O)ccc1-c1ccccc1. The second-order valence-corrected chi connectivity index (χ2v) is 4.59. The van der Waals surface area contributed by atoms with E-state index < -0.39 is 0 Å². The maximum Gasteiger partial charge on any atom is 0.159 e. The van der Waals surface area contributed by atoms with E-state index in [1.165, 1.54) is 0 Å². The Morgan fingerprint density at radius 2 is 1.90 bits per heavy atom. The highest BCUT2D eigenvalue weighted by Gasteiger charge is 2.09. The third-order valence-corrected chi connectivity index (χ3v) is 3.08. The van der Waals surface area contributed by atoms with Crippen LogP contribution in [-0.2, 0) is 0 Å². The zero-order chi connectivity index (χ0) is 14.4. The molecular weight excluding hydrogens is 250 g/mol. The van der Waals surface area contributed by atoms with Crippen LogP contribution in [0.25, 0.3) is 11.1 Å². The highest BCUT2D eigenvalue weighted by atomic mass is 16.5. The summed E-state index contributed by atoms with van der Waals surface area (Å²) < 4.78 is 5.81. The number of rotatable bonds is 6. The van der Waals surface area contributed by atoms with Gasteiger partial charge in [-0.05, 0) is 31.7 Å².